The molecule has 0 amide bonds. The van der Waals surface area contributed by atoms with Gasteiger partial charge in [0.05, 0.1) is 0 Å². The van der Waals surface area contributed by atoms with Crippen LogP contribution in [0.1, 0.15) is 40.0 Å². The lowest BCUT2D eigenvalue weighted by Gasteiger charge is -2.13. The molecule has 0 aliphatic rings. The summed E-state index contributed by atoms with van der Waals surface area (Å²) in [5, 5.41) is 11.8. The van der Waals surface area contributed by atoms with Crippen molar-refractivity contribution in [1.29, 1.82) is 0 Å². The summed E-state index contributed by atoms with van der Waals surface area (Å²) in [6.45, 7) is 7.03. The largest absolute Gasteiger partial charge is 0.480 e. The van der Waals surface area contributed by atoms with Gasteiger partial charge in [0.1, 0.15) is 6.04 Å². The van der Waals surface area contributed by atoms with E-state index >= 15 is 0 Å². The third kappa shape index (κ3) is 5.64. The molecule has 3 nitrogen and oxygen atoms in total. The Balaban J connectivity index is 3.55. The average molecular weight is 187 g/mol. The van der Waals surface area contributed by atoms with Crippen LogP contribution in [0.5, 0.6) is 0 Å². The predicted molar refractivity (Wildman–Crippen MR) is 53.8 cm³/mol. The molecular formula is C10H21NO2. The van der Waals surface area contributed by atoms with Crippen LogP contribution < -0.4 is 5.32 Å². The first kappa shape index (κ1) is 12.4. The molecular weight excluding hydrogens is 166 g/mol. The summed E-state index contributed by atoms with van der Waals surface area (Å²) < 4.78 is 0. The molecule has 0 heterocycles. The molecule has 0 spiro atoms. The molecule has 0 aromatic rings. The maximum absolute atomic E-state index is 10.6. The summed E-state index contributed by atoms with van der Waals surface area (Å²) in [6, 6.07) is -0.371. The number of rotatable bonds is 7. The van der Waals surface area contributed by atoms with Crippen LogP contribution in [0.2, 0.25) is 0 Å². The van der Waals surface area contributed by atoms with Crippen molar-refractivity contribution in [2.75, 3.05) is 6.54 Å². The highest BCUT2D eigenvalue weighted by atomic mass is 16.4. The van der Waals surface area contributed by atoms with Crippen LogP contribution in [0.25, 0.3) is 0 Å². The van der Waals surface area contributed by atoms with Crippen molar-refractivity contribution in [1.82, 2.24) is 5.32 Å². The summed E-state index contributed by atoms with van der Waals surface area (Å²) in [7, 11) is 0. The van der Waals surface area contributed by atoms with E-state index in [1.807, 2.05) is 6.92 Å². The minimum atomic E-state index is -0.744. The molecule has 13 heavy (non-hydrogen) atoms. The summed E-state index contributed by atoms with van der Waals surface area (Å²) in [5.41, 5.74) is 0. The van der Waals surface area contributed by atoms with Crippen LogP contribution in [0.15, 0.2) is 0 Å². The van der Waals surface area contributed by atoms with Crippen molar-refractivity contribution in [3.8, 4) is 0 Å². The van der Waals surface area contributed by atoms with Crippen LogP contribution in [0.3, 0.4) is 0 Å². The van der Waals surface area contributed by atoms with Gasteiger partial charge in [0.25, 0.3) is 0 Å². The normalized spacial score (nSPS) is 15.3. The van der Waals surface area contributed by atoms with Gasteiger partial charge in [-0.3, -0.25) is 4.79 Å². The highest BCUT2D eigenvalue weighted by molar-refractivity contribution is 5.73. The van der Waals surface area contributed by atoms with Crippen LogP contribution in [-0.2, 0) is 4.79 Å². The van der Waals surface area contributed by atoms with E-state index in [-0.39, 0.29) is 6.04 Å². The Morgan fingerprint density at radius 2 is 2.00 bits per heavy atom. The molecule has 2 unspecified atom stereocenters. The quantitative estimate of drug-likeness (QED) is 0.639. The van der Waals surface area contributed by atoms with Crippen LogP contribution in [0, 0.1) is 5.92 Å². The molecule has 0 radical (unpaired) electrons. The van der Waals surface area contributed by atoms with Crippen molar-refractivity contribution >= 4 is 5.97 Å². The van der Waals surface area contributed by atoms with E-state index < -0.39 is 5.97 Å². The van der Waals surface area contributed by atoms with Crippen LogP contribution >= 0.6 is 0 Å². The zero-order valence-electron chi connectivity index (χ0n) is 8.84. The monoisotopic (exact) mass is 187 g/mol. The zero-order chi connectivity index (χ0) is 10.3. The number of carbonyl (C=O) groups is 1. The van der Waals surface area contributed by atoms with E-state index in [0.717, 1.165) is 19.4 Å². The van der Waals surface area contributed by atoms with Gasteiger partial charge in [-0.2, -0.15) is 0 Å². The summed E-state index contributed by atoms with van der Waals surface area (Å²) in [4.78, 5) is 10.6. The van der Waals surface area contributed by atoms with Crippen molar-refractivity contribution in [2.45, 2.75) is 46.1 Å². The fourth-order valence-corrected chi connectivity index (χ4v) is 1.11. The van der Waals surface area contributed by atoms with Crippen molar-refractivity contribution in [3.63, 3.8) is 0 Å². The maximum Gasteiger partial charge on any atom is 0.320 e. The maximum atomic E-state index is 10.6. The molecule has 0 bridgehead atoms. The van der Waals surface area contributed by atoms with E-state index in [4.69, 9.17) is 5.11 Å². The van der Waals surface area contributed by atoms with Gasteiger partial charge in [-0.1, -0.05) is 27.2 Å². The summed E-state index contributed by atoms with van der Waals surface area (Å²) >= 11 is 0. The van der Waals surface area contributed by atoms with Crippen molar-refractivity contribution < 1.29 is 9.90 Å². The number of nitrogens with one attached hydrogen (secondary N) is 1. The molecule has 2 N–H and O–H groups in total. The molecule has 0 fully saturated rings. The minimum absolute atomic E-state index is 0.371. The molecule has 3 heteroatoms. The fourth-order valence-electron chi connectivity index (χ4n) is 1.11. The Hall–Kier alpha value is -0.570. The lowest BCUT2D eigenvalue weighted by Crippen LogP contribution is -2.36. The van der Waals surface area contributed by atoms with Gasteiger partial charge in [-0.25, -0.2) is 0 Å². The minimum Gasteiger partial charge on any atom is -0.480 e. The van der Waals surface area contributed by atoms with Gasteiger partial charge >= 0.3 is 5.97 Å². The Kier molecular flexibility index (Phi) is 6.59. The van der Waals surface area contributed by atoms with Gasteiger partial charge in [0.2, 0.25) is 0 Å². The second-order valence-electron chi connectivity index (χ2n) is 3.56. The third-order valence-electron chi connectivity index (χ3n) is 2.43. The Morgan fingerprint density at radius 1 is 1.38 bits per heavy atom. The second kappa shape index (κ2) is 6.89. The van der Waals surface area contributed by atoms with Gasteiger partial charge in [0.15, 0.2) is 0 Å². The highest BCUT2D eigenvalue weighted by Gasteiger charge is 2.13. The van der Waals surface area contributed by atoms with Gasteiger partial charge in [-0.15, -0.1) is 0 Å². The average Bonchev–Trinajstić information content (AvgIpc) is 2.11. The van der Waals surface area contributed by atoms with E-state index in [9.17, 15) is 4.79 Å². The van der Waals surface area contributed by atoms with E-state index in [0.29, 0.717) is 12.3 Å². The molecule has 0 saturated heterocycles. The summed E-state index contributed by atoms with van der Waals surface area (Å²) in [6.07, 6.45) is 2.86. The van der Waals surface area contributed by atoms with Crippen molar-refractivity contribution in [3.05, 3.63) is 0 Å². The molecule has 0 aliphatic heterocycles. The second-order valence-corrected chi connectivity index (χ2v) is 3.56. The van der Waals surface area contributed by atoms with Crippen LogP contribution in [-0.4, -0.2) is 23.7 Å². The Morgan fingerprint density at radius 3 is 2.38 bits per heavy atom. The van der Waals surface area contributed by atoms with Crippen molar-refractivity contribution in [2.24, 2.45) is 5.92 Å². The first-order valence-electron chi connectivity index (χ1n) is 5.07. The number of carboxylic acids is 1. The van der Waals surface area contributed by atoms with Gasteiger partial charge in [-0.05, 0) is 25.3 Å². The van der Waals surface area contributed by atoms with Crippen LogP contribution in [0.4, 0.5) is 0 Å². The standard InChI is InChI=1S/C10H21NO2/c1-4-8(3)6-7-11-9(5-2)10(12)13/h8-9,11H,4-7H2,1-3H3,(H,12,13). The Labute approximate surface area is 80.5 Å². The lowest BCUT2D eigenvalue weighted by atomic mass is 10.1. The molecule has 2 atom stereocenters. The predicted octanol–water partition coefficient (Wildman–Crippen LogP) is 1.88. The Bertz CT molecular complexity index is 148. The smallest absolute Gasteiger partial charge is 0.320 e. The summed E-state index contributed by atoms with van der Waals surface area (Å²) in [5.74, 6) is -0.0644. The molecule has 78 valence electrons. The topological polar surface area (TPSA) is 49.3 Å². The number of aliphatic carboxylic acids is 1. The first-order valence-corrected chi connectivity index (χ1v) is 5.07. The SMILES string of the molecule is CCC(C)CCNC(CC)C(=O)O. The van der Waals surface area contributed by atoms with E-state index in [1.165, 1.54) is 0 Å². The fraction of sp³-hybridized carbons (Fsp3) is 0.900. The lowest BCUT2D eigenvalue weighted by molar-refractivity contribution is -0.139. The molecule has 0 aliphatic carbocycles. The number of hydrogen-bond donors (Lipinski definition) is 2. The zero-order valence-corrected chi connectivity index (χ0v) is 8.84. The number of hydrogen-bond acceptors (Lipinski definition) is 2. The first-order chi connectivity index (χ1) is 6.11. The third-order valence-corrected chi connectivity index (χ3v) is 2.43. The highest BCUT2D eigenvalue weighted by Crippen LogP contribution is 2.04. The molecule has 0 saturated carbocycles. The molecule has 0 aromatic heterocycles. The van der Waals surface area contributed by atoms with E-state index in [1.54, 1.807) is 0 Å². The number of carboxylic acid groups (broad SMARTS) is 1. The van der Waals surface area contributed by atoms with E-state index in [2.05, 4.69) is 19.2 Å². The van der Waals surface area contributed by atoms with Gasteiger partial charge < -0.3 is 10.4 Å². The molecule has 0 aromatic carbocycles. The molecule has 0 rings (SSSR count). The van der Waals surface area contributed by atoms with Gasteiger partial charge in [0, 0.05) is 0 Å².